The second kappa shape index (κ2) is 9.02. The number of nitrogens with zero attached hydrogens (tertiary/aromatic N) is 2. The molecule has 1 N–H and O–H groups in total. The number of H-pyrrole nitrogens is 1. The maximum atomic E-state index is 13.4. The number of carbonyl (C=O) groups excluding carboxylic acids is 1. The van der Waals surface area contributed by atoms with Crippen LogP contribution in [0.5, 0.6) is 5.75 Å². The van der Waals surface area contributed by atoms with Gasteiger partial charge in [0.2, 0.25) is 0 Å². The van der Waals surface area contributed by atoms with Gasteiger partial charge in [0.15, 0.2) is 0 Å². The summed E-state index contributed by atoms with van der Waals surface area (Å²) in [5, 5.41) is 1.13. The zero-order valence-electron chi connectivity index (χ0n) is 16.8. The monoisotopic (exact) mass is 433 g/mol. The number of aromatic amines is 1. The van der Waals surface area contributed by atoms with Gasteiger partial charge in [-0.15, -0.1) is 0 Å². The Bertz CT molecular complexity index is 1290. The Labute approximate surface area is 184 Å². The minimum atomic E-state index is -0.235. The van der Waals surface area contributed by atoms with Gasteiger partial charge in [-0.05, 0) is 48.0 Å². The van der Waals surface area contributed by atoms with Crippen molar-refractivity contribution in [2.24, 2.45) is 0 Å². The number of methoxy groups -OCH3 is 1. The van der Waals surface area contributed by atoms with E-state index in [2.05, 4.69) is 9.97 Å². The Morgan fingerprint density at radius 1 is 1.03 bits per heavy atom. The van der Waals surface area contributed by atoms with Gasteiger partial charge < -0.3 is 14.6 Å². The predicted octanol–water partition coefficient (Wildman–Crippen LogP) is 4.43. The predicted molar refractivity (Wildman–Crippen MR) is 120 cm³/mol. The molecule has 0 atom stereocenters. The van der Waals surface area contributed by atoms with Gasteiger partial charge in [0.1, 0.15) is 11.6 Å². The van der Waals surface area contributed by atoms with E-state index in [1.165, 1.54) is 0 Å². The molecule has 0 aliphatic carbocycles. The first-order valence-electron chi connectivity index (χ1n) is 9.69. The van der Waals surface area contributed by atoms with E-state index in [1.54, 1.807) is 66.6 Å². The molecular formula is C24H20ClN3O3. The number of nitrogens with one attached hydrogen (secondary N) is 1. The summed E-state index contributed by atoms with van der Waals surface area (Å²) < 4.78 is 5.25. The first kappa shape index (κ1) is 20.6. The van der Waals surface area contributed by atoms with Crippen LogP contribution in [-0.4, -0.2) is 27.9 Å². The van der Waals surface area contributed by atoms with E-state index in [9.17, 15) is 9.59 Å². The van der Waals surface area contributed by atoms with Crippen LogP contribution in [0.15, 0.2) is 77.6 Å². The van der Waals surface area contributed by atoms with Crippen LogP contribution in [0.3, 0.4) is 0 Å². The van der Waals surface area contributed by atoms with Gasteiger partial charge in [0.25, 0.3) is 11.5 Å². The van der Waals surface area contributed by atoms with Crippen molar-refractivity contribution in [1.82, 2.24) is 14.9 Å². The molecule has 1 amide bonds. The number of benzene rings is 3. The highest BCUT2D eigenvalue weighted by atomic mass is 35.5. The van der Waals surface area contributed by atoms with Gasteiger partial charge in [-0.1, -0.05) is 41.9 Å². The third-order valence-corrected chi connectivity index (χ3v) is 5.15. The van der Waals surface area contributed by atoms with Crippen LogP contribution in [0.1, 0.15) is 21.7 Å². The topological polar surface area (TPSA) is 75.3 Å². The van der Waals surface area contributed by atoms with Crippen LogP contribution < -0.4 is 10.3 Å². The summed E-state index contributed by atoms with van der Waals surface area (Å²) in [4.78, 5) is 34.8. The van der Waals surface area contributed by atoms with Crippen molar-refractivity contribution in [3.05, 3.63) is 105 Å². The number of carbonyl (C=O) groups is 1. The minimum absolute atomic E-state index is 0.138. The number of hydrogen-bond donors (Lipinski definition) is 1. The van der Waals surface area contributed by atoms with Gasteiger partial charge in [0.05, 0.1) is 24.6 Å². The molecule has 0 fully saturated rings. The molecule has 31 heavy (non-hydrogen) atoms. The molecule has 1 heterocycles. The molecule has 0 spiro atoms. The maximum Gasteiger partial charge on any atom is 0.258 e. The highest BCUT2D eigenvalue weighted by Gasteiger charge is 2.19. The molecule has 0 radical (unpaired) electrons. The van der Waals surface area contributed by atoms with Crippen molar-refractivity contribution in [2.45, 2.75) is 13.1 Å². The lowest BCUT2D eigenvalue weighted by molar-refractivity contribution is 0.0725. The van der Waals surface area contributed by atoms with Crippen molar-refractivity contribution in [3.8, 4) is 5.75 Å². The van der Waals surface area contributed by atoms with E-state index in [0.29, 0.717) is 39.6 Å². The van der Waals surface area contributed by atoms with E-state index in [1.807, 2.05) is 18.2 Å². The van der Waals surface area contributed by atoms with E-state index in [-0.39, 0.29) is 18.0 Å². The van der Waals surface area contributed by atoms with Crippen LogP contribution >= 0.6 is 11.6 Å². The van der Waals surface area contributed by atoms with Crippen molar-refractivity contribution in [1.29, 1.82) is 0 Å². The standard InChI is InChI=1S/C24H20ClN3O3/c1-31-19-6-4-5-17(13-19)24(30)28(14-16-9-11-18(25)12-10-16)15-22-26-21-8-3-2-7-20(21)23(29)27-22/h2-13H,14-15H2,1H3,(H,26,27,29). The summed E-state index contributed by atoms with van der Waals surface area (Å²) in [6, 6.07) is 21.4. The van der Waals surface area contributed by atoms with Gasteiger partial charge in [-0.2, -0.15) is 0 Å². The Morgan fingerprint density at radius 3 is 2.58 bits per heavy atom. The normalized spacial score (nSPS) is 10.8. The first-order chi connectivity index (χ1) is 15.0. The van der Waals surface area contributed by atoms with E-state index < -0.39 is 0 Å². The minimum Gasteiger partial charge on any atom is -0.497 e. The molecule has 7 heteroatoms. The number of halogens is 1. The average molecular weight is 434 g/mol. The van der Waals surface area contributed by atoms with Crippen molar-refractivity contribution < 1.29 is 9.53 Å². The molecule has 0 saturated heterocycles. The molecule has 0 aliphatic rings. The molecule has 1 aromatic heterocycles. The van der Waals surface area contributed by atoms with E-state index in [4.69, 9.17) is 16.3 Å². The maximum absolute atomic E-state index is 13.4. The van der Waals surface area contributed by atoms with Gasteiger partial charge in [-0.25, -0.2) is 4.98 Å². The molecule has 3 aromatic carbocycles. The fraction of sp³-hybridized carbons (Fsp3) is 0.125. The number of amides is 1. The summed E-state index contributed by atoms with van der Waals surface area (Å²) in [7, 11) is 1.55. The Kier molecular flexibility index (Phi) is 6.00. The SMILES string of the molecule is COc1cccc(C(=O)N(Cc2ccc(Cl)cc2)Cc2nc3ccccc3c(=O)[nH]2)c1. The molecule has 0 bridgehead atoms. The van der Waals surface area contributed by atoms with Crippen LogP contribution in [-0.2, 0) is 13.1 Å². The number of aromatic nitrogens is 2. The van der Waals surface area contributed by atoms with Crippen molar-refractivity contribution in [3.63, 3.8) is 0 Å². The van der Waals surface area contributed by atoms with Gasteiger partial charge in [0, 0.05) is 17.1 Å². The summed E-state index contributed by atoms with van der Waals surface area (Å²) in [6.45, 7) is 0.461. The molecule has 6 nitrogen and oxygen atoms in total. The second-order valence-corrected chi connectivity index (χ2v) is 7.49. The zero-order chi connectivity index (χ0) is 21.8. The molecule has 0 unspecified atom stereocenters. The van der Waals surface area contributed by atoms with Gasteiger partial charge >= 0.3 is 0 Å². The third-order valence-electron chi connectivity index (χ3n) is 4.89. The first-order valence-corrected chi connectivity index (χ1v) is 10.1. The van der Waals surface area contributed by atoms with E-state index >= 15 is 0 Å². The highest BCUT2D eigenvalue weighted by Crippen LogP contribution is 2.19. The zero-order valence-corrected chi connectivity index (χ0v) is 17.6. The third kappa shape index (κ3) is 4.75. The summed E-state index contributed by atoms with van der Waals surface area (Å²) in [5.74, 6) is 0.799. The molecule has 0 saturated carbocycles. The lowest BCUT2D eigenvalue weighted by Crippen LogP contribution is -2.31. The Balaban J connectivity index is 1.70. The van der Waals surface area contributed by atoms with Crippen LogP contribution in [0.25, 0.3) is 10.9 Å². The highest BCUT2D eigenvalue weighted by molar-refractivity contribution is 6.30. The average Bonchev–Trinajstić information content (AvgIpc) is 2.79. The van der Waals surface area contributed by atoms with Crippen molar-refractivity contribution in [2.75, 3.05) is 7.11 Å². The molecule has 0 aliphatic heterocycles. The summed E-state index contributed by atoms with van der Waals surface area (Å²) >= 11 is 6.00. The number of para-hydroxylation sites is 1. The van der Waals surface area contributed by atoms with E-state index in [0.717, 1.165) is 5.56 Å². The lowest BCUT2D eigenvalue weighted by Gasteiger charge is -2.23. The molecule has 4 aromatic rings. The van der Waals surface area contributed by atoms with Crippen LogP contribution in [0.2, 0.25) is 5.02 Å². The molecule has 4 rings (SSSR count). The van der Waals surface area contributed by atoms with Crippen LogP contribution in [0.4, 0.5) is 0 Å². The number of hydrogen-bond acceptors (Lipinski definition) is 4. The fourth-order valence-electron chi connectivity index (χ4n) is 3.34. The van der Waals surface area contributed by atoms with Crippen molar-refractivity contribution >= 4 is 28.4 Å². The Morgan fingerprint density at radius 2 is 1.81 bits per heavy atom. The van der Waals surface area contributed by atoms with Gasteiger partial charge in [-0.3, -0.25) is 9.59 Å². The van der Waals surface area contributed by atoms with Crippen LogP contribution in [0, 0.1) is 0 Å². The number of fused-ring (bicyclic) bond motifs is 1. The number of ether oxygens (including phenoxy) is 1. The summed E-state index contributed by atoms with van der Waals surface area (Å²) in [6.07, 6.45) is 0. The molecule has 156 valence electrons. The Hall–Kier alpha value is -3.64. The largest absolute Gasteiger partial charge is 0.497 e. The fourth-order valence-corrected chi connectivity index (χ4v) is 3.46. The summed E-state index contributed by atoms with van der Waals surface area (Å²) in [5.41, 5.74) is 1.74. The lowest BCUT2D eigenvalue weighted by atomic mass is 10.1. The molecular weight excluding hydrogens is 414 g/mol. The smallest absolute Gasteiger partial charge is 0.258 e. The quantitative estimate of drug-likeness (QED) is 0.488. The second-order valence-electron chi connectivity index (χ2n) is 7.05. The number of rotatable bonds is 6.